The van der Waals surface area contributed by atoms with Crippen LogP contribution in [0.4, 0.5) is 17.8 Å². The number of hydrogen-bond acceptors (Lipinski definition) is 8. The molecule has 1 aliphatic heterocycles. The smallest absolute Gasteiger partial charge is 0.241 e. The van der Waals surface area contributed by atoms with Crippen molar-refractivity contribution in [2.75, 3.05) is 22.6 Å². The molecule has 0 bridgehead atoms. The van der Waals surface area contributed by atoms with Crippen LogP contribution >= 0.6 is 11.8 Å². The second-order valence-electron chi connectivity index (χ2n) is 4.78. The lowest BCUT2D eigenvalue weighted by Crippen LogP contribution is -2.20. The van der Waals surface area contributed by atoms with E-state index in [1.165, 1.54) is 17.8 Å². The van der Waals surface area contributed by atoms with Gasteiger partial charge >= 0.3 is 0 Å². The molecule has 3 rings (SSSR count). The number of rotatable bonds is 4. The topological polar surface area (TPSA) is 89.8 Å². The maximum absolute atomic E-state index is 8.89. The van der Waals surface area contributed by atoms with Gasteiger partial charge in [-0.1, -0.05) is 11.8 Å². The number of hydrogen-bond donors (Lipinski definition) is 2. The molecule has 2 N–H and O–H groups in total. The number of thioether (sulfide) groups is 1. The van der Waals surface area contributed by atoms with E-state index in [9.17, 15) is 0 Å². The molecule has 108 valence electrons. The van der Waals surface area contributed by atoms with Gasteiger partial charge in [0.15, 0.2) is 0 Å². The predicted octanol–water partition coefficient (Wildman–Crippen LogP) is 2.27. The highest BCUT2D eigenvalue weighted by molar-refractivity contribution is 8.06. The molecule has 2 aliphatic rings. The standard InChI is InChI=1S/C13H15N7S/c1-8-7-21-10(5-6-14)20(8)13-18-11(15-2)17-12(19-13)16-9-3-4-9/h5,7,9H,3-4H2,1-2H3,(H2,15,16,17,18,19). The van der Waals surface area contributed by atoms with Gasteiger partial charge in [-0.15, -0.1) is 0 Å². The molecule has 8 heteroatoms. The third-order valence-corrected chi connectivity index (χ3v) is 4.07. The number of nitrogens with zero attached hydrogens (tertiary/aromatic N) is 5. The number of nitriles is 1. The van der Waals surface area contributed by atoms with Crippen LogP contribution in [0.5, 0.6) is 0 Å². The molecule has 0 aromatic carbocycles. The van der Waals surface area contributed by atoms with Crippen molar-refractivity contribution in [3.63, 3.8) is 0 Å². The molecule has 1 fully saturated rings. The fourth-order valence-corrected chi connectivity index (χ4v) is 2.73. The normalized spacial score (nSPS) is 19.4. The number of nitrogens with one attached hydrogen (secondary N) is 2. The van der Waals surface area contributed by atoms with Gasteiger partial charge in [0.05, 0.1) is 11.1 Å². The summed E-state index contributed by atoms with van der Waals surface area (Å²) in [5.41, 5.74) is 0.979. The van der Waals surface area contributed by atoms with Gasteiger partial charge in [0, 0.05) is 24.9 Å². The minimum absolute atomic E-state index is 0.462. The molecule has 7 nitrogen and oxygen atoms in total. The zero-order valence-electron chi connectivity index (χ0n) is 11.8. The molecule has 1 aliphatic carbocycles. The fourth-order valence-electron chi connectivity index (χ4n) is 1.89. The first-order valence-corrected chi connectivity index (χ1v) is 7.53. The Morgan fingerprint density at radius 1 is 1.38 bits per heavy atom. The third-order valence-electron chi connectivity index (χ3n) is 3.07. The van der Waals surface area contributed by atoms with Crippen LogP contribution < -0.4 is 15.5 Å². The minimum Gasteiger partial charge on any atom is -0.357 e. The van der Waals surface area contributed by atoms with Crippen LogP contribution in [0.15, 0.2) is 22.2 Å². The van der Waals surface area contributed by atoms with Gasteiger partial charge in [-0.2, -0.15) is 20.2 Å². The summed E-state index contributed by atoms with van der Waals surface area (Å²) < 4.78 is 0. The quantitative estimate of drug-likeness (QED) is 0.819. The summed E-state index contributed by atoms with van der Waals surface area (Å²) in [6.45, 7) is 1.96. The average molecular weight is 301 g/mol. The SMILES string of the molecule is CNc1nc(NC2CC2)nc(N2C(C)=CSC2=CC#N)n1. The molecule has 0 saturated heterocycles. The summed E-state index contributed by atoms with van der Waals surface area (Å²) in [4.78, 5) is 15.0. The Labute approximate surface area is 127 Å². The lowest BCUT2D eigenvalue weighted by Gasteiger charge is -2.19. The van der Waals surface area contributed by atoms with E-state index in [1.54, 1.807) is 7.05 Å². The lowest BCUT2D eigenvalue weighted by atomic mass is 10.4. The largest absolute Gasteiger partial charge is 0.357 e. The van der Waals surface area contributed by atoms with E-state index in [2.05, 4.69) is 31.7 Å². The van der Waals surface area contributed by atoms with Gasteiger partial charge in [-0.25, -0.2) is 0 Å². The molecule has 21 heavy (non-hydrogen) atoms. The maximum Gasteiger partial charge on any atom is 0.241 e. The molecule has 2 heterocycles. The number of aromatic nitrogens is 3. The number of anilines is 3. The first-order valence-electron chi connectivity index (χ1n) is 6.65. The highest BCUT2D eigenvalue weighted by atomic mass is 32.2. The average Bonchev–Trinajstić information content (AvgIpc) is 3.21. The van der Waals surface area contributed by atoms with E-state index in [0.29, 0.717) is 23.9 Å². The third kappa shape index (κ3) is 2.92. The van der Waals surface area contributed by atoms with Crippen molar-refractivity contribution < 1.29 is 0 Å². The van der Waals surface area contributed by atoms with Crippen molar-refractivity contribution in [3.8, 4) is 6.07 Å². The first kappa shape index (κ1) is 13.7. The molecular formula is C13H15N7S. The Balaban J connectivity index is 1.97. The summed E-state index contributed by atoms with van der Waals surface area (Å²) in [5, 5.41) is 17.9. The van der Waals surface area contributed by atoms with Crippen molar-refractivity contribution in [2.45, 2.75) is 25.8 Å². The molecule has 1 aromatic heterocycles. The van der Waals surface area contributed by atoms with Crippen molar-refractivity contribution in [1.29, 1.82) is 5.26 Å². The summed E-state index contributed by atoms with van der Waals surface area (Å²) in [6.07, 6.45) is 3.79. The molecule has 0 radical (unpaired) electrons. The van der Waals surface area contributed by atoms with Crippen molar-refractivity contribution >= 4 is 29.6 Å². The van der Waals surface area contributed by atoms with Gasteiger partial charge in [0.2, 0.25) is 17.8 Å². The molecule has 0 unspecified atom stereocenters. The van der Waals surface area contributed by atoms with Crippen LogP contribution in [-0.4, -0.2) is 28.0 Å². The molecule has 0 atom stereocenters. The summed E-state index contributed by atoms with van der Waals surface area (Å²) in [6, 6.07) is 2.52. The summed E-state index contributed by atoms with van der Waals surface area (Å²) in [7, 11) is 1.77. The van der Waals surface area contributed by atoms with Gasteiger partial charge in [-0.3, -0.25) is 4.90 Å². The molecular weight excluding hydrogens is 286 g/mol. The second kappa shape index (κ2) is 5.61. The first-order chi connectivity index (χ1) is 10.2. The van der Waals surface area contributed by atoms with Crippen LogP contribution in [0.1, 0.15) is 19.8 Å². The summed E-state index contributed by atoms with van der Waals surface area (Å²) in [5.74, 6) is 1.58. The molecule has 0 spiro atoms. The fraction of sp³-hybridized carbons (Fsp3) is 0.385. The summed E-state index contributed by atoms with van der Waals surface area (Å²) >= 11 is 1.48. The van der Waals surface area contributed by atoms with Gasteiger partial charge in [-0.05, 0) is 25.2 Å². The highest BCUT2D eigenvalue weighted by Crippen LogP contribution is 2.37. The Morgan fingerprint density at radius 3 is 2.81 bits per heavy atom. The van der Waals surface area contributed by atoms with Crippen LogP contribution in [0, 0.1) is 11.3 Å². The highest BCUT2D eigenvalue weighted by Gasteiger charge is 2.26. The number of allylic oxidation sites excluding steroid dienone is 2. The van der Waals surface area contributed by atoms with E-state index < -0.39 is 0 Å². The zero-order valence-corrected chi connectivity index (χ0v) is 12.6. The predicted molar refractivity (Wildman–Crippen MR) is 83.5 cm³/mol. The second-order valence-corrected chi connectivity index (χ2v) is 5.67. The van der Waals surface area contributed by atoms with Crippen molar-refractivity contribution in [1.82, 2.24) is 15.0 Å². The Bertz CT molecular complexity index is 657. The van der Waals surface area contributed by atoms with E-state index in [1.807, 2.05) is 17.2 Å². The van der Waals surface area contributed by atoms with Crippen molar-refractivity contribution in [3.05, 3.63) is 22.2 Å². The van der Waals surface area contributed by atoms with Crippen LogP contribution in [0.2, 0.25) is 0 Å². The van der Waals surface area contributed by atoms with Gasteiger partial charge in [0.1, 0.15) is 0 Å². The molecule has 0 amide bonds. The molecule has 1 saturated carbocycles. The Morgan fingerprint density at radius 2 is 2.14 bits per heavy atom. The van der Waals surface area contributed by atoms with E-state index in [4.69, 9.17) is 5.26 Å². The van der Waals surface area contributed by atoms with E-state index in [0.717, 1.165) is 23.6 Å². The van der Waals surface area contributed by atoms with Gasteiger partial charge in [0.25, 0.3) is 0 Å². The molecule has 1 aromatic rings. The van der Waals surface area contributed by atoms with Crippen LogP contribution in [0.3, 0.4) is 0 Å². The minimum atomic E-state index is 0.462. The monoisotopic (exact) mass is 301 g/mol. The van der Waals surface area contributed by atoms with Crippen molar-refractivity contribution in [2.24, 2.45) is 0 Å². The van der Waals surface area contributed by atoms with Gasteiger partial charge < -0.3 is 10.6 Å². The maximum atomic E-state index is 8.89. The van der Waals surface area contributed by atoms with E-state index >= 15 is 0 Å². The Kier molecular flexibility index (Phi) is 3.66. The van der Waals surface area contributed by atoms with Crippen LogP contribution in [-0.2, 0) is 0 Å². The van der Waals surface area contributed by atoms with E-state index in [-0.39, 0.29) is 0 Å². The lowest BCUT2D eigenvalue weighted by molar-refractivity contribution is 0.957. The zero-order chi connectivity index (χ0) is 14.8. The van der Waals surface area contributed by atoms with Crippen LogP contribution in [0.25, 0.3) is 0 Å². The Hall–Kier alpha value is -2.27.